The van der Waals surface area contributed by atoms with E-state index in [0.717, 1.165) is 71.2 Å². The number of hydrogen-bond donors (Lipinski definition) is 2. The minimum absolute atomic E-state index is 0. The van der Waals surface area contributed by atoms with E-state index in [1.165, 1.54) is 12.8 Å². The van der Waals surface area contributed by atoms with Crippen LogP contribution >= 0.6 is 24.0 Å². The third kappa shape index (κ3) is 12.9. The van der Waals surface area contributed by atoms with Crippen molar-refractivity contribution in [2.75, 3.05) is 53.7 Å². The molecule has 0 radical (unpaired) electrons. The molecular weight excluding hydrogens is 409 g/mol. The summed E-state index contributed by atoms with van der Waals surface area (Å²) in [7, 11) is 3.54. The summed E-state index contributed by atoms with van der Waals surface area (Å²) in [5.41, 5.74) is 0. The number of nitrogens with zero attached hydrogens (tertiary/aromatic N) is 1. The number of guanidine groups is 1. The van der Waals surface area contributed by atoms with Crippen molar-refractivity contribution in [3.63, 3.8) is 0 Å². The Morgan fingerprint density at radius 2 is 1.91 bits per heavy atom. The third-order valence-electron chi connectivity index (χ3n) is 3.63. The van der Waals surface area contributed by atoms with E-state index < -0.39 is 0 Å². The SMILES string of the molecule is CN=C(NCCCCCOC)NCCCOCC1CCCO1.I. The topological polar surface area (TPSA) is 64.1 Å². The van der Waals surface area contributed by atoms with Crippen molar-refractivity contribution < 1.29 is 14.2 Å². The first kappa shape index (κ1) is 22.9. The Bertz CT molecular complexity index is 288. The summed E-state index contributed by atoms with van der Waals surface area (Å²) in [6, 6.07) is 0. The summed E-state index contributed by atoms with van der Waals surface area (Å²) in [6.07, 6.45) is 7.03. The molecule has 1 heterocycles. The lowest BCUT2D eigenvalue weighted by molar-refractivity contribution is 0.0168. The first-order valence-electron chi connectivity index (χ1n) is 8.49. The van der Waals surface area contributed by atoms with Crippen molar-refractivity contribution >= 4 is 29.9 Å². The molecule has 1 aliphatic rings. The number of aliphatic imine (C=N–C) groups is 1. The van der Waals surface area contributed by atoms with Gasteiger partial charge in [0.2, 0.25) is 0 Å². The third-order valence-corrected chi connectivity index (χ3v) is 3.63. The highest BCUT2D eigenvalue weighted by atomic mass is 127. The maximum Gasteiger partial charge on any atom is 0.190 e. The predicted octanol–water partition coefficient (Wildman–Crippen LogP) is 2.17. The number of unbranched alkanes of at least 4 members (excludes halogenated alkanes) is 2. The molecular formula is C16H34IN3O3. The molecule has 1 atom stereocenters. The molecule has 0 aromatic carbocycles. The molecule has 0 aliphatic carbocycles. The van der Waals surface area contributed by atoms with E-state index in [-0.39, 0.29) is 24.0 Å². The lowest BCUT2D eigenvalue weighted by atomic mass is 10.2. The van der Waals surface area contributed by atoms with Crippen LogP contribution in [0.15, 0.2) is 4.99 Å². The molecule has 0 spiro atoms. The van der Waals surface area contributed by atoms with E-state index in [1.54, 1.807) is 14.2 Å². The van der Waals surface area contributed by atoms with Crippen LogP contribution in [0.4, 0.5) is 0 Å². The van der Waals surface area contributed by atoms with Crippen LogP contribution in [0.1, 0.15) is 38.5 Å². The zero-order valence-corrected chi connectivity index (χ0v) is 17.0. The Kier molecular flexibility index (Phi) is 16.6. The number of ether oxygens (including phenoxy) is 3. The van der Waals surface area contributed by atoms with Crippen molar-refractivity contribution in [3.05, 3.63) is 0 Å². The first-order valence-corrected chi connectivity index (χ1v) is 8.49. The second-order valence-corrected chi connectivity index (χ2v) is 5.54. The number of nitrogens with one attached hydrogen (secondary N) is 2. The van der Waals surface area contributed by atoms with Gasteiger partial charge in [0.05, 0.1) is 12.7 Å². The van der Waals surface area contributed by atoms with Gasteiger partial charge in [0.25, 0.3) is 0 Å². The molecule has 1 rings (SSSR count). The number of rotatable bonds is 12. The van der Waals surface area contributed by atoms with Crippen molar-refractivity contribution in [2.45, 2.75) is 44.6 Å². The van der Waals surface area contributed by atoms with E-state index in [2.05, 4.69) is 15.6 Å². The van der Waals surface area contributed by atoms with Crippen LogP contribution in [0.3, 0.4) is 0 Å². The summed E-state index contributed by atoms with van der Waals surface area (Å²) in [4.78, 5) is 4.21. The van der Waals surface area contributed by atoms with Gasteiger partial charge in [-0.3, -0.25) is 4.99 Å². The van der Waals surface area contributed by atoms with E-state index >= 15 is 0 Å². The highest BCUT2D eigenvalue weighted by Crippen LogP contribution is 2.11. The zero-order chi connectivity index (χ0) is 15.9. The van der Waals surface area contributed by atoms with Gasteiger partial charge in [-0.1, -0.05) is 0 Å². The van der Waals surface area contributed by atoms with Gasteiger partial charge in [-0.25, -0.2) is 0 Å². The molecule has 0 amide bonds. The van der Waals surface area contributed by atoms with E-state index in [1.807, 2.05) is 0 Å². The Labute approximate surface area is 158 Å². The fourth-order valence-corrected chi connectivity index (χ4v) is 2.35. The van der Waals surface area contributed by atoms with E-state index in [4.69, 9.17) is 14.2 Å². The molecule has 23 heavy (non-hydrogen) atoms. The molecule has 1 unspecified atom stereocenters. The molecule has 6 nitrogen and oxygen atoms in total. The van der Waals surface area contributed by atoms with Crippen molar-refractivity contribution in [2.24, 2.45) is 4.99 Å². The second-order valence-electron chi connectivity index (χ2n) is 5.54. The number of methoxy groups -OCH3 is 1. The Morgan fingerprint density at radius 3 is 2.57 bits per heavy atom. The predicted molar refractivity (Wildman–Crippen MR) is 105 cm³/mol. The Balaban J connectivity index is 0.00000484. The molecule has 1 saturated heterocycles. The summed E-state index contributed by atoms with van der Waals surface area (Å²) in [6.45, 7) is 5.05. The van der Waals surface area contributed by atoms with Gasteiger partial charge >= 0.3 is 0 Å². The lowest BCUT2D eigenvalue weighted by Crippen LogP contribution is -2.38. The van der Waals surface area contributed by atoms with Gasteiger partial charge in [-0.2, -0.15) is 0 Å². The second kappa shape index (κ2) is 16.7. The quantitative estimate of drug-likeness (QED) is 0.210. The van der Waals surface area contributed by atoms with Crippen LogP contribution in [0.5, 0.6) is 0 Å². The maximum absolute atomic E-state index is 5.63. The van der Waals surface area contributed by atoms with Crippen LogP contribution < -0.4 is 10.6 Å². The molecule has 0 aromatic rings. The molecule has 0 aromatic heterocycles. The first-order chi connectivity index (χ1) is 10.9. The highest BCUT2D eigenvalue weighted by Gasteiger charge is 2.14. The molecule has 138 valence electrons. The van der Waals surface area contributed by atoms with Gasteiger partial charge in [0, 0.05) is 47.1 Å². The maximum atomic E-state index is 5.63. The van der Waals surface area contributed by atoms with E-state index in [9.17, 15) is 0 Å². The molecule has 1 aliphatic heterocycles. The lowest BCUT2D eigenvalue weighted by Gasteiger charge is -2.13. The number of hydrogen-bond acceptors (Lipinski definition) is 4. The van der Waals surface area contributed by atoms with Gasteiger partial charge in [0.1, 0.15) is 0 Å². The molecule has 0 bridgehead atoms. The molecule has 2 N–H and O–H groups in total. The molecule has 7 heteroatoms. The summed E-state index contributed by atoms with van der Waals surface area (Å²) < 4.78 is 16.2. The smallest absolute Gasteiger partial charge is 0.190 e. The van der Waals surface area contributed by atoms with Crippen LogP contribution in [-0.2, 0) is 14.2 Å². The van der Waals surface area contributed by atoms with E-state index in [0.29, 0.717) is 6.10 Å². The van der Waals surface area contributed by atoms with Crippen LogP contribution in [0.25, 0.3) is 0 Å². The van der Waals surface area contributed by atoms with Crippen molar-refractivity contribution in [3.8, 4) is 0 Å². The summed E-state index contributed by atoms with van der Waals surface area (Å²) in [5, 5.41) is 6.62. The Morgan fingerprint density at radius 1 is 1.13 bits per heavy atom. The van der Waals surface area contributed by atoms with Crippen molar-refractivity contribution in [1.82, 2.24) is 10.6 Å². The van der Waals surface area contributed by atoms with Gasteiger partial charge < -0.3 is 24.8 Å². The van der Waals surface area contributed by atoms with Gasteiger partial charge in [0.15, 0.2) is 5.96 Å². The summed E-state index contributed by atoms with van der Waals surface area (Å²) in [5.74, 6) is 0.867. The van der Waals surface area contributed by atoms with Gasteiger partial charge in [-0.05, 0) is 38.5 Å². The van der Waals surface area contributed by atoms with Crippen LogP contribution in [-0.4, -0.2) is 65.7 Å². The average molecular weight is 443 g/mol. The highest BCUT2D eigenvalue weighted by molar-refractivity contribution is 14.0. The number of halogens is 1. The molecule has 1 fully saturated rings. The molecule has 0 saturated carbocycles. The fraction of sp³-hybridized carbons (Fsp3) is 0.938. The normalized spacial score (nSPS) is 17.8. The minimum atomic E-state index is 0. The van der Waals surface area contributed by atoms with Crippen LogP contribution in [0, 0.1) is 0 Å². The zero-order valence-electron chi connectivity index (χ0n) is 14.6. The minimum Gasteiger partial charge on any atom is -0.385 e. The van der Waals surface area contributed by atoms with Crippen LogP contribution in [0.2, 0.25) is 0 Å². The average Bonchev–Trinajstić information content (AvgIpc) is 3.05. The monoisotopic (exact) mass is 443 g/mol. The fourth-order valence-electron chi connectivity index (χ4n) is 2.35. The summed E-state index contributed by atoms with van der Waals surface area (Å²) >= 11 is 0. The largest absolute Gasteiger partial charge is 0.385 e. The standard InChI is InChI=1S/C16H33N3O3.HI/c1-17-16(18-9-4-3-5-11-20-2)19-10-7-12-21-14-15-8-6-13-22-15;/h15H,3-14H2,1-2H3,(H2,17,18,19);1H. The van der Waals surface area contributed by atoms with Gasteiger partial charge in [-0.15, -0.1) is 24.0 Å². The van der Waals surface area contributed by atoms with Crippen molar-refractivity contribution in [1.29, 1.82) is 0 Å². The Hall–Kier alpha value is -0.120.